The summed E-state index contributed by atoms with van der Waals surface area (Å²) in [6, 6.07) is 8.75. The molecule has 0 amide bonds. The third-order valence-corrected chi connectivity index (χ3v) is 5.48. The van der Waals surface area contributed by atoms with Crippen molar-refractivity contribution in [3.05, 3.63) is 41.6 Å². The van der Waals surface area contributed by atoms with E-state index in [0.29, 0.717) is 12.2 Å². The maximum absolute atomic E-state index is 12.8. The van der Waals surface area contributed by atoms with Crippen molar-refractivity contribution in [3.63, 3.8) is 0 Å². The number of rotatable bonds is 9. The molecule has 1 aromatic rings. The molecule has 0 saturated carbocycles. The smallest absolute Gasteiger partial charge is 0.160 e. The quantitative estimate of drug-likeness (QED) is 0.491. The number of benzene rings is 1. The SMILES string of the molecule is CCCCCCCC(=O)C1=CN(c2ccc(CC)cc2)CCC1(C)C. The third kappa shape index (κ3) is 5.45. The molecule has 1 heterocycles. The molecule has 138 valence electrons. The van der Waals surface area contributed by atoms with Crippen LogP contribution in [-0.4, -0.2) is 12.3 Å². The van der Waals surface area contributed by atoms with E-state index < -0.39 is 0 Å². The Bertz CT molecular complexity index is 583. The minimum atomic E-state index is -0.0135. The van der Waals surface area contributed by atoms with Gasteiger partial charge in [0.2, 0.25) is 0 Å². The Morgan fingerprint density at radius 1 is 1.04 bits per heavy atom. The molecule has 2 heteroatoms. The predicted octanol–water partition coefficient (Wildman–Crippen LogP) is 6.30. The molecule has 2 rings (SSSR count). The molecule has 1 aromatic carbocycles. The second-order valence-electron chi connectivity index (χ2n) is 7.98. The van der Waals surface area contributed by atoms with E-state index in [-0.39, 0.29) is 5.41 Å². The number of hydrogen-bond acceptors (Lipinski definition) is 2. The Kier molecular flexibility index (Phi) is 7.28. The number of nitrogens with zero attached hydrogens (tertiary/aromatic N) is 1. The Morgan fingerprint density at radius 3 is 2.36 bits per heavy atom. The van der Waals surface area contributed by atoms with Crippen molar-refractivity contribution in [2.45, 2.75) is 79.1 Å². The fourth-order valence-electron chi connectivity index (χ4n) is 3.53. The Labute approximate surface area is 154 Å². The van der Waals surface area contributed by atoms with Crippen LogP contribution in [-0.2, 0) is 11.2 Å². The van der Waals surface area contributed by atoms with Gasteiger partial charge in [0.1, 0.15) is 0 Å². The lowest BCUT2D eigenvalue weighted by atomic mass is 9.76. The number of allylic oxidation sites excluding steroid dienone is 1. The highest BCUT2D eigenvalue weighted by Crippen LogP contribution is 2.37. The molecule has 0 aliphatic carbocycles. The third-order valence-electron chi connectivity index (χ3n) is 5.48. The summed E-state index contributed by atoms with van der Waals surface area (Å²) in [4.78, 5) is 15.1. The molecule has 0 spiro atoms. The number of hydrogen-bond donors (Lipinski definition) is 0. The zero-order valence-corrected chi connectivity index (χ0v) is 16.6. The minimum Gasteiger partial charge on any atom is -0.348 e. The van der Waals surface area contributed by atoms with Gasteiger partial charge in [-0.1, -0.05) is 65.5 Å². The second-order valence-corrected chi connectivity index (χ2v) is 7.98. The predicted molar refractivity (Wildman–Crippen MR) is 108 cm³/mol. The largest absolute Gasteiger partial charge is 0.348 e. The van der Waals surface area contributed by atoms with Gasteiger partial charge in [0, 0.05) is 30.4 Å². The molecule has 0 radical (unpaired) electrons. The highest BCUT2D eigenvalue weighted by atomic mass is 16.1. The van der Waals surface area contributed by atoms with Crippen LogP contribution in [0, 0.1) is 5.41 Å². The van der Waals surface area contributed by atoms with E-state index in [2.05, 4.69) is 63.1 Å². The van der Waals surface area contributed by atoms with Gasteiger partial charge in [-0.05, 0) is 42.4 Å². The second kappa shape index (κ2) is 9.22. The van der Waals surface area contributed by atoms with Crippen LogP contribution in [0.1, 0.15) is 78.2 Å². The van der Waals surface area contributed by atoms with Gasteiger partial charge < -0.3 is 4.90 Å². The highest BCUT2D eigenvalue weighted by molar-refractivity contribution is 5.97. The van der Waals surface area contributed by atoms with E-state index >= 15 is 0 Å². The average molecular weight is 342 g/mol. The maximum atomic E-state index is 12.8. The molecule has 0 unspecified atom stereocenters. The number of anilines is 1. The first-order chi connectivity index (χ1) is 12.0. The molecule has 2 nitrogen and oxygen atoms in total. The lowest BCUT2D eigenvalue weighted by molar-refractivity contribution is -0.116. The van der Waals surface area contributed by atoms with Gasteiger partial charge in [-0.3, -0.25) is 4.79 Å². The summed E-state index contributed by atoms with van der Waals surface area (Å²) in [7, 11) is 0. The first-order valence-corrected chi connectivity index (χ1v) is 10.1. The minimum absolute atomic E-state index is 0.0135. The van der Waals surface area contributed by atoms with Crippen molar-refractivity contribution in [3.8, 4) is 0 Å². The van der Waals surface area contributed by atoms with Gasteiger partial charge in [-0.2, -0.15) is 0 Å². The van der Waals surface area contributed by atoms with Crippen LogP contribution in [0.4, 0.5) is 5.69 Å². The van der Waals surface area contributed by atoms with Crippen molar-refractivity contribution < 1.29 is 4.79 Å². The van der Waals surface area contributed by atoms with Crippen LogP contribution in [0.2, 0.25) is 0 Å². The van der Waals surface area contributed by atoms with Gasteiger partial charge in [0.25, 0.3) is 0 Å². The normalized spacial score (nSPS) is 16.6. The van der Waals surface area contributed by atoms with Gasteiger partial charge in [-0.15, -0.1) is 0 Å². The summed E-state index contributed by atoms with van der Waals surface area (Å²) in [5.74, 6) is 0.344. The number of Topliss-reactive ketones (excluding diaryl/α,β-unsaturated/α-hetero) is 1. The molecule has 0 saturated heterocycles. The molecule has 0 atom stereocenters. The Hall–Kier alpha value is -1.57. The summed E-state index contributed by atoms with van der Waals surface area (Å²) in [6.45, 7) is 9.81. The topological polar surface area (TPSA) is 20.3 Å². The van der Waals surface area contributed by atoms with Crippen molar-refractivity contribution in [1.29, 1.82) is 0 Å². The van der Waals surface area contributed by atoms with Crippen molar-refractivity contribution in [1.82, 2.24) is 0 Å². The Balaban J connectivity index is 2.06. The van der Waals surface area contributed by atoms with Gasteiger partial charge >= 0.3 is 0 Å². The molecular weight excluding hydrogens is 306 g/mol. The van der Waals surface area contributed by atoms with Crippen molar-refractivity contribution in [2.24, 2.45) is 5.41 Å². The van der Waals surface area contributed by atoms with E-state index in [0.717, 1.165) is 31.4 Å². The maximum Gasteiger partial charge on any atom is 0.160 e. The van der Waals surface area contributed by atoms with Crippen LogP contribution in [0.15, 0.2) is 36.0 Å². The molecule has 1 aliphatic heterocycles. The van der Waals surface area contributed by atoms with E-state index in [1.807, 2.05) is 0 Å². The van der Waals surface area contributed by atoms with Gasteiger partial charge in [-0.25, -0.2) is 0 Å². The van der Waals surface area contributed by atoms with E-state index in [4.69, 9.17) is 0 Å². The molecule has 25 heavy (non-hydrogen) atoms. The van der Waals surface area contributed by atoms with Crippen LogP contribution in [0.5, 0.6) is 0 Å². The first-order valence-electron chi connectivity index (χ1n) is 10.1. The van der Waals surface area contributed by atoms with Gasteiger partial charge in [0.05, 0.1) is 0 Å². The van der Waals surface area contributed by atoms with Crippen LogP contribution in [0.25, 0.3) is 0 Å². The lowest BCUT2D eigenvalue weighted by Gasteiger charge is -2.37. The van der Waals surface area contributed by atoms with E-state index in [1.165, 1.54) is 36.9 Å². The van der Waals surface area contributed by atoms with Crippen LogP contribution >= 0.6 is 0 Å². The molecule has 0 bridgehead atoms. The number of ketones is 1. The lowest BCUT2D eigenvalue weighted by Crippen LogP contribution is -2.35. The number of carbonyl (C=O) groups is 1. The van der Waals surface area contributed by atoms with Crippen LogP contribution in [0.3, 0.4) is 0 Å². The average Bonchev–Trinajstić information content (AvgIpc) is 2.61. The van der Waals surface area contributed by atoms with Crippen LogP contribution < -0.4 is 4.90 Å². The summed E-state index contributed by atoms with van der Waals surface area (Å²) in [5, 5.41) is 0. The molecule has 0 fully saturated rings. The molecule has 0 N–H and O–H groups in total. The monoisotopic (exact) mass is 341 g/mol. The highest BCUT2D eigenvalue weighted by Gasteiger charge is 2.32. The fraction of sp³-hybridized carbons (Fsp3) is 0.609. The molecular formula is C23H35NO. The zero-order chi connectivity index (χ0) is 18.3. The Morgan fingerprint density at radius 2 is 1.72 bits per heavy atom. The summed E-state index contributed by atoms with van der Waals surface area (Å²) in [6.07, 6.45) is 10.9. The van der Waals surface area contributed by atoms with E-state index in [9.17, 15) is 4.79 Å². The van der Waals surface area contributed by atoms with Gasteiger partial charge in [0.15, 0.2) is 5.78 Å². The van der Waals surface area contributed by atoms with Crippen molar-refractivity contribution >= 4 is 11.5 Å². The zero-order valence-electron chi connectivity index (χ0n) is 16.6. The number of aryl methyl sites for hydroxylation is 1. The number of carbonyl (C=O) groups excluding carboxylic acids is 1. The summed E-state index contributed by atoms with van der Waals surface area (Å²) in [5.41, 5.74) is 3.54. The first kappa shape index (κ1) is 19.8. The number of unbranched alkanes of at least 4 members (excludes halogenated alkanes) is 4. The fourth-order valence-corrected chi connectivity index (χ4v) is 3.53. The summed E-state index contributed by atoms with van der Waals surface area (Å²) >= 11 is 0. The summed E-state index contributed by atoms with van der Waals surface area (Å²) < 4.78 is 0. The standard InChI is InChI=1S/C23H35NO/c1-5-7-8-9-10-11-22(25)21-18-24(17-16-23(21,3)4)20-14-12-19(6-2)13-15-20/h12-15,18H,5-11,16-17H2,1-4H3. The van der Waals surface area contributed by atoms with E-state index in [1.54, 1.807) is 0 Å². The molecule has 0 aromatic heterocycles. The molecule has 1 aliphatic rings. The van der Waals surface area contributed by atoms with Crippen molar-refractivity contribution in [2.75, 3.05) is 11.4 Å².